The molecule has 2 rings (SSSR count). The molecule has 1 aromatic rings. The maximum atomic E-state index is 12.4. The first-order valence-corrected chi connectivity index (χ1v) is 9.23. The van der Waals surface area contributed by atoms with Crippen LogP contribution in [0.1, 0.15) is 32.6 Å². The summed E-state index contributed by atoms with van der Waals surface area (Å²) in [7, 11) is -3.26. The molecule has 0 bridgehead atoms. The number of piperidine rings is 1. The van der Waals surface area contributed by atoms with Crippen molar-refractivity contribution in [3.63, 3.8) is 0 Å². The van der Waals surface area contributed by atoms with E-state index in [0.717, 1.165) is 25.8 Å². The number of nitrogens with zero attached hydrogens (tertiary/aromatic N) is 1. The fraction of sp³-hybridized carbons (Fsp3) is 0.562. The number of likely N-dealkylation sites (tertiary alicyclic amines) is 1. The summed E-state index contributed by atoms with van der Waals surface area (Å²) in [6.07, 6.45) is 3.16. The highest BCUT2D eigenvalue weighted by atomic mass is 32.2. The second-order valence-electron chi connectivity index (χ2n) is 5.69. The number of amides is 1. The predicted octanol–water partition coefficient (Wildman–Crippen LogP) is 2.50. The molecule has 1 aliphatic heterocycles. The molecule has 1 amide bonds. The normalized spacial score (nSPS) is 19.5. The van der Waals surface area contributed by atoms with E-state index >= 15 is 0 Å². The Morgan fingerprint density at radius 3 is 2.67 bits per heavy atom. The average Bonchev–Trinajstić information content (AvgIpc) is 2.48. The van der Waals surface area contributed by atoms with Gasteiger partial charge in [-0.25, -0.2) is 8.42 Å². The highest BCUT2D eigenvalue weighted by Gasteiger charge is 2.27. The van der Waals surface area contributed by atoms with Crippen LogP contribution in [0.15, 0.2) is 35.2 Å². The molecule has 1 saturated heterocycles. The minimum atomic E-state index is -3.26. The Labute approximate surface area is 127 Å². The summed E-state index contributed by atoms with van der Waals surface area (Å²) < 4.78 is 24.8. The number of benzene rings is 1. The highest BCUT2D eigenvalue weighted by Crippen LogP contribution is 2.22. The third-order valence-electron chi connectivity index (χ3n) is 3.89. The number of sulfone groups is 1. The SMILES string of the molecule is CCCC(=O)N1CCCC(CS(=O)(=O)c2ccccc2)C1. The lowest BCUT2D eigenvalue weighted by molar-refractivity contribution is -0.132. The smallest absolute Gasteiger partial charge is 0.222 e. The Balaban J connectivity index is 2.01. The monoisotopic (exact) mass is 309 g/mol. The van der Waals surface area contributed by atoms with Gasteiger partial charge in [-0.2, -0.15) is 0 Å². The van der Waals surface area contributed by atoms with Crippen LogP contribution < -0.4 is 0 Å². The van der Waals surface area contributed by atoms with E-state index in [-0.39, 0.29) is 17.6 Å². The molecule has 0 radical (unpaired) electrons. The first-order chi connectivity index (χ1) is 10.0. The van der Waals surface area contributed by atoms with Gasteiger partial charge < -0.3 is 4.90 Å². The zero-order valence-corrected chi connectivity index (χ0v) is 13.3. The maximum Gasteiger partial charge on any atom is 0.222 e. The quantitative estimate of drug-likeness (QED) is 0.839. The summed E-state index contributed by atoms with van der Waals surface area (Å²) >= 11 is 0. The molecule has 5 heteroatoms. The second-order valence-corrected chi connectivity index (χ2v) is 7.73. The van der Waals surface area contributed by atoms with Crippen molar-refractivity contribution in [3.05, 3.63) is 30.3 Å². The molecule has 1 atom stereocenters. The molecule has 4 nitrogen and oxygen atoms in total. The molecule has 0 aromatic heterocycles. The molecule has 21 heavy (non-hydrogen) atoms. The van der Waals surface area contributed by atoms with Crippen LogP contribution in [-0.4, -0.2) is 38.1 Å². The summed E-state index contributed by atoms with van der Waals surface area (Å²) in [5.74, 6) is 0.330. The van der Waals surface area contributed by atoms with Gasteiger partial charge in [0.15, 0.2) is 9.84 Å². The summed E-state index contributed by atoms with van der Waals surface area (Å²) in [5, 5.41) is 0. The Bertz CT molecular complexity index is 568. The maximum absolute atomic E-state index is 12.4. The van der Waals surface area contributed by atoms with E-state index < -0.39 is 9.84 Å². The molecule has 0 N–H and O–H groups in total. The lowest BCUT2D eigenvalue weighted by atomic mass is 10.00. The summed E-state index contributed by atoms with van der Waals surface area (Å²) in [6, 6.07) is 8.57. The van der Waals surface area contributed by atoms with Crippen LogP contribution in [0.5, 0.6) is 0 Å². The fourth-order valence-corrected chi connectivity index (χ4v) is 4.49. The third kappa shape index (κ3) is 4.30. The Morgan fingerprint density at radius 2 is 2.00 bits per heavy atom. The molecule has 0 saturated carbocycles. The highest BCUT2D eigenvalue weighted by molar-refractivity contribution is 7.91. The van der Waals surface area contributed by atoms with Crippen molar-refractivity contribution in [2.24, 2.45) is 5.92 Å². The number of carbonyl (C=O) groups excluding carboxylic acids is 1. The second kappa shape index (κ2) is 7.07. The summed E-state index contributed by atoms with van der Waals surface area (Å²) in [5.41, 5.74) is 0. The Kier molecular flexibility index (Phi) is 5.39. The predicted molar refractivity (Wildman–Crippen MR) is 82.7 cm³/mol. The third-order valence-corrected chi connectivity index (χ3v) is 5.79. The minimum Gasteiger partial charge on any atom is -0.342 e. The lowest BCUT2D eigenvalue weighted by Gasteiger charge is -2.32. The molecule has 0 spiro atoms. The number of carbonyl (C=O) groups is 1. The zero-order chi connectivity index (χ0) is 15.3. The van der Waals surface area contributed by atoms with Crippen molar-refractivity contribution in [1.29, 1.82) is 0 Å². The summed E-state index contributed by atoms with van der Waals surface area (Å²) in [6.45, 7) is 3.32. The van der Waals surface area contributed by atoms with E-state index in [4.69, 9.17) is 0 Å². The van der Waals surface area contributed by atoms with Gasteiger partial charge in [-0.15, -0.1) is 0 Å². The number of hydrogen-bond donors (Lipinski definition) is 0. The van der Waals surface area contributed by atoms with E-state index in [1.54, 1.807) is 24.3 Å². The van der Waals surface area contributed by atoms with Crippen molar-refractivity contribution in [1.82, 2.24) is 4.90 Å². The van der Waals surface area contributed by atoms with Gasteiger partial charge in [0.1, 0.15) is 0 Å². The van der Waals surface area contributed by atoms with E-state index in [0.29, 0.717) is 17.9 Å². The molecular formula is C16H23NO3S. The molecule has 1 heterocycles. The van der Waals surface area contributed by atoms with Gasteiger partial charge in [0.2, 0.25) is 5.91 Å². The molecule has 1 aromatic carbocycles. The first kappa shape index (κ1) is 16.0. The minimum absolute atomic E-state index is 0.0461. The first-order valence-electron chi connectivity index (χ1n) is 7.58. The van der Waals surface area contributed by atoms with Crippen LogP contribution in [0.3, 0.4) is 0 Å². The molecular weight excluding hydrogens is 286 g/mol. The number of rotatable bonds is 5. The molecule has 1 unspecified atom stereocenters. The van der Waals surface area contributed by atoms with Crippen molar-refractivity contribution < 1.29 is 13.2 Å². The van der Waals surface area contributed by atoms with Gasteiger partial charge in [0.25, 0.3) is 0 Å². The lowest BCUT2D eigenvalue weighted by Crippen LogP contribution is -2.41. The topological polar surface area (TPSA) is 54.5 Å². The molecule has 0 aliphatic carbocycles. The standard InChI is InChI=1S/C16H23NO3S/c1-2-7-16(18)17-11-6-8-14(12-17)13-21(19,20)15-9-4-3-5-10-15/h3-5,9-10,14H,2,6-8,11-13H2,1H3. The van der Waals surface area contributed by atoms with Crippen LogP contribution in [0.2, 0.25) is 0 Å². The van der Waals surface area contributed by atoms with Crippen LogP contribution in [0.25, 0.3) is 0 Å². The van der Waals surface area contributed by atoms with Gasteiger partial charge in [-0.05, 0) is 37.3 Å². The van der Waals surface area contributed by atoms with Gasteiger partial charge in [-0.3, -0.25) is 4.79 Å². The Morgan fingerprint density at radius 1 is 1.29 bits per heavy atom. The van der Waals surface area contributed by atoms with Crippen molar-refractivity contribution in [2.45, 2.75) is 37.5 Å². The van der Waals surface area contributed by atoms with E-state index in [9.17, 15) is 13.2 Å². The van der Waals surface area contributed by atoms with E-state index in [1.807, 2.05) is 17.9 Å². The number of hydrogen-bond acceptors (Lipinski definition) is 3. The van der Waals surface area contributed by atoms with Gasteiger partial charge >= 0.3 is 0 Å². The van der Waals surface area contributed by atoms with Crippen molar-refractivity contribution in [2.75, 3.05) is 18.8 Å². The molecule has 116 valence electrons. The largest absolute Gasteiger partial charge is 0.342 e. The van der Waals surface area contributed by atoms with Gasteiger partial charge in [-0.1, -0.05) is 25.1 Å². The average molecular weight is 309 g/mol. The van der Waals surface area contributed by atoms with Crippen molar-refractivity contribution in [3.8, 4) is 0 Å². The van der Waals surface area contributed by atoms with E-state index in [1.165, 1.54) is 0 Å². The van der Waals surface area contributed by atoms with Crippen molar-refractivity contribution >= 4 is 15.7 Å². The summed E-state index contributed by atoms with van der Waals surface area (Å²) in [4.78, 5) is 14.2. The molecule has 1 aliphatic rings. The van der Waals surface area contributed by atoms with Crippen LogP contribution in [0, 0.1) is 5.92 Å². The van der Waals surface area contributed by atoms with Gasteiger partial charge in [0, 0.05) is 19.5 Å². The fourth-order valence-electron chi connectivity index (χ4n) is 2.83. The molecule has 1 fully saturated rings. The van der Waals surface area contributed by atoms with Crippen LogP contribution in [-0.2, 0) is 14.6 Å². The van der Waals surface area contributed by atoms with Crippen LogP contribution >= 0.6 is 0 Å². The van der Waals surface area contributed by atoms with Crippen LogP contribution in [0.4, 0.5) is 0 Å². The Hall–Kier alpha value is -1.36. The van der Waals surface area contributed by atoms with E-state index in [2.05, 4.69) is 0 Å². The zero-order valence-electron chi connectivity index (χ0n) is 12.5. The van der Waals surface area contributed by atoms with Gasteiger partial charge in [0.05, 0.1) is 10.6 Å².